The van der Waals surface area contributed by atoms with E-state index in [1.165, 1.54) is 17.4 Å². The fourth-order valence-electron chi connectivity index (χ4n) is 3.37. The van der Waals surface area contributed by atoms with Gasteiger partial charge in [-0.2, -0.15) is 18.4 Å². The average molecular weight is 418 g/mol. The van der Waals surface area contributed by atoms with Crippen molar-refractivity contribution in [3.8, 4) is 6.07 Å². The Hall–Kier alpha value is -2.83. The Morgan fingerprint density at radius 1 is 1.17 bits per heavy atom. The number of aromatic nitrogens is 1. The van der Waals surface area contributed by atoms with Gasteiger partial charge < -0.3 is 15.3 Å². The summed E-state index contributed by atoms with van der Waals surface area (Å²) in [5.41, 5.74) is 1.48. The first-order valence-electron chi connectivity index (χ1n) is 9.05. The number of nitriles is 1. The standard InChI is InChI=1S/C20H17F3N4OS/c21-20(22,23)13-1-4-18-16(10-13)26-19(29-18)25-14-2-3-17(12(9-14)11-24)27-7-5-15(28)6-8-27/h1-4,9-10,15,28H,5-8H2,(H,25,26). The van der Waals surface area contributed by atoms with Crippen molar-refractivity contribution in [1.29, 1.82) is 5.26 Å². The second-order valence-corrected chi connectivity index (χ2v) is 7.92. The first kappa shape index (κ1) is 19.5. The van der Waals surface area contributed by atoms with E-state index >= 15 is 0 Å². The first-order valence-corrected chi connectivity index (χ1v) is 9.87. The number of nitrogens with one attached hydrogen (secondary N) is 1. The molecule has 5 nitrogen and oxygen atoms in total. The molecule has 4 rings (SSSR count). The van der Waals surface area contributed by atoms with Crippen LogP contribution in [0.1, 0.15) is 24.0 Å². The second-order valence-electron chi connectivity index (χ2n) is 6.89. The van der Waals surface area contributed by atoms with Crippen LogP contribution < -0.4 is 10.2 Å². The van der Waals surface area contributed by atoms with Gasteiger partial charge in [0.15, 0.2) is 5.13 Å². The smallest absolute Gasteiger partial charge is 0.393 e. The van der Waals surface area contributed by atoms with Crippen molar-refractivity contribution in [2.75, 3.05) is 23.3 Å². The molecule has 0 spiro atoms. The van der Waals surface area contributed by atoms with Crippen molar-refractivity contribution in [2.24, 2.45) is 0 Å². The van der Waals surface area contributed by atoms with Crippen LogP contribution in [0.2, 0.25) is 0 Å². The summed E-state index contributed by atoms with van der Waals surface area (Å²) in [5, 5.41) is 22.7. The molecule has 0 bridgehead atoms. The van der Waals surface area contributed by atoms with E-state index in [0.717, 1.165) is 17.8 Å². The number of hydrogen-bond donors (Lipinski definition) is 2. The van der Waals surface area contributed by atoms with Crippen LogP contribution in [0.5, 0.6) is 0 Å². The third-order valence-corrected chi connectivity index (χ3v) is 5.84. The SMILES string of the molecule is N#Cc1cc(Nc2nc3cc(C(F)(F)F)ccc3s2)ccc1N1CCC(O)CC1. The van der Waals surface area contributed by atoms with E-state index in [0.29, 0.717) is 47.0 Å². The Kier molecular flexibility index (Phi) is 5.06. The van der Waals surface area contributed by atoms with E-state index in [1.54, 1.807) is 6.07 Å². The summed E-state index contributed by atoms with van der Waals surface area (Å²) in [4.78, 5) is 6.32. The average Bonchev–Trinajstić information content (AvgIpc) is 3.09. The number of aliphatic hydroxyl groups is 1. The van der Waals surface area contributed by atoms with E-state index in [9.17, 15) is 23.5 Å². The predicted octanol–water partition coefficient (Wildman–Crippen LogP) is 4.89. The van der Waals surface area contributed by atoms with Gasteiger partial charge in [0.1, 0.15) is 6.07 Å². The number of anilines is 3. The molecule has 2 N–H and O–H groups in total. The molecular formula is C20H17F3N4OS. The van der Waals surface area contributed by atoms with E-state index in [-0.39, 0.29) is 11.6 Å². The van der Waals surface area contributed by atoms with E-state index in [2.05, 4.69) is 21.3 Å². The minimum absolute atomic E-state index is 0.274. The summed E-state index contributed by atoms with van der Waals surface area (Å²) in [7, 11) is 0. The fourth-order valence-corrected chi connectivity index (χ4v) is 4.23. The highest BCUT2D eigenvalue weighted by Gasteiger charge is 2.30. The number of rotatable bonds is 3. The Labute approximate surface area is 169 Å². The predicted molar refractivity (Wildman–Crippen MR) is 107 cm³/mol. The molecule has 0 saturated carbocycles. The molecule has 0 radical (unpaired) electrons. The molecule has 0 aliphatic carbocycles. The molecule has 2 aromatic carbocycles. The van der Waals surface area contributed by atoms with Crippen molar-refractivity contribution < 1.29 is 18.3 Å². The normalized spacial score (nSPS) is 15.5. The number of halogens is 3. The van der Waals surface area contributed by atoms with Crippen LogP contribution in [-0.2, 0) is 6.18 Å². The number of alkyl halides is 3. The van der Waals surface area contributed by atoms with Gasteiger partial charge >= 0.3 is 6.18 Å². The summed E-state index contributed by atoms with van der Waals surface area (Å²) < 4.78 is 39.3. The van der Waals surface area contributed by atoms with Crippen molar-refractivity contribution in [2.45, 2.75) is 25.1 Å². The quantitative estimate of drug-likeness (QED) is 0.634. The summed E-state index contributed by atoms with van der Waals surface area (Å²) in [5.74, 6) is 0. The Bertz CT molecular complexity index is 1080. The zero-order valence-electron chi connectivity index (χ0n) is 15.2. The molecule has 1 aliphatic heterocycles. The van der Waals surface area contributed by atoms with Crippen molar-refractivity contribution in [3.63, 3.8) is 0 Å². The lowest BCUT2D eigenvalue weighted by atomic mass is 10.1. The van der Waals surface area contributed by atoms with Crippen LogP contribution in [0, 0.1) is 11.3 Å². The third-order valence-electron chi connectivity index (χ3n) is 4.89. The maximum atomic E-state index is 12.9. The maximum absolute atomic E-state index is 12.9. The van der Waals surface area contributed by atoms with E-state index in [1.807, 2.05) is 12.1 Å². The van der Waals surface area contributed by atoms with Crippen LogP contribution in [0.4, 0.5) is 29.7 Å². The summed E-state index contributed by atoms with van der Waals surface area (Å²) in [6.45, 7) is 1.37. The zero-order chi connectivity index (χ0) is 20.6. The lowest BCUT2D eigenvalue weighted by molar-refractivity contribution is -0.137. The minimum atomic E-state index is -4.41. The van der Waals surface area contributed by atoms with Gasteiger partial charge in [-0.1, -0.05) is 11.3 Å². The lowest BCUT2D eigenvalue weighted by Gasteiger charge is -2.32. The lowest BCUT2D eigenvalue weighted by Crippen LogP contribution is -2.36. The molecule has 0 amide bonds. The van der Waals surface area contributed by atoms with Crippen molar-refractivity contribution >= 4 is 38.1 Å². The Balaban J connectivity index is 1.57. The maximum Gasteiger partial charge on any atom is 0.416 e. The highest BCUT2D eigenvalue weighted by atomic mass is 32.1. The van der Waals surface area contributed by atoms with Gasteiger partial charge in [0.25, 0.3) is 0 Å². The molecule has 150 valence electrons. The van der Waals surface area contributed by atoms with Gasteiger partial charge in [0.05, 0.1) is 33.1 Å². The van der Waals surface area contributed by atoms with Crippen LogP contribution in [-0.4, -0.2) is 29.3 Å². The van der Waals surface area contributed by atoms with E-state index < -0.39 is 11.7 Å². The highest BCUT2D eigenvalue weighted by Crippen LogP contribution is 2.35. The van der Waals surface area contributed by atoms with E-state index in [4.69, 9.17) is 0 Å². The van der Waals surface area contributed by atoms with Gasteiger partial charge in [-0.15, -0.1) is 0 Å². The molecular weight excluding hydrogens is 401 g/mol. The highest BCUT2D eigenvalue weighted by molar-refractivity contribution is 7.22. The summed E-state index contributed by atoms with van der Waals surface area (Å²) in [6.07, 6.45) is -3.38. The number of thiazole rings is 1. The van der Waals surface area contributed by atoms with Crippen LogP contribution >= 0.6 is 11.3 Å². The molecule has 9 heteroatoms. The fraction of sp³-hybridized carbons (Fsp3) is 0.300. The van der Waals surface area contributed by atoms with Gasteiger partial charge in [0, 0.05) is 18.8 Å². The van der Waals surface area contributed by atoms with Gasteiger partial charge in [0.2, 0.25) is 0 Å². The Morgan fingerprint density at radius 2 is 1.93 bits per heavy atom. The molecule has 2 heterocycles. The van der Waals surface area contributed by atoms with Gasteiger partial charge in [-0.25, -0.2) is 4.98 Å². The van der Waals surface area contributed by atoms with Crippen LogP contribution in [0.15, 0.2) is 36.4 Å². The number of nitrogens with zero attached hydrogens (tertiary/aromatic N) is 3. The Morgan fingerprint density at radius 3 is 2.62 bits per heavy atom. The minimum Gasteiger partial charge on any atom is -0.393 e. The number of aliphatic hydroxyl groups excluding tert-OH is 1. The molecule has 29 heavy (non-hydrogen) atoms. The number of benzene rings is 2. The van der Waals surface area contributed by atoms with Gasteiger partial charge in [-0.3, -0.25) is 0 Å². The van der Waals surface area contributed by atoms with Crippen LogP contribution in [0.3, 0.4) is 0 Å². The summed E-state index contributed by atoms with van der Waals surface area (Å²) >= 11 is 1.25. The molecule has 1 fully saturated rings. The van der Waals surface area contributed by atoms with Gasteiger partial charge in [-0.05, 0) is 49.2 Å². The monoisotopic (exact) mass is 418 g/mol. The molecule has 0 unspecified atom stereocenters. The molecule has 1 saturated heterocycles. The molecule has 3 aromatic rings. The number of hydrogen-bond acceptors (Lipinski definition) is 6. The number of fused-ring (bicyclic) bond motifs is 1. The third kappa shape index (κ3) is 4.13. The van der Waals surface area contributed by atoms with Crippen molar-refractivity contribution in [3.05, 3.63) is 47.5 Å². The number of piperidine rings is 1. The summed E-state index contributed by atoms with van der Waals surface area (Å²) in [6, 6.07) is 11.0. The molecule has 1 aromatic heterocycles. The van der Waals surface area contributed by atoms with Crippen LogP contribution in [0.25, 0.3) is 10.2 Å². The topological polar surface area (TPSA) is 72.2 Å². The largest absolute Gasteiger partial charge is 0.416 e. The van der Waals surface area contributed by atoms with Crippen molar-refractivity contribution in [1.82, 2.24) is 4.98 Å². The molecule has 0 atom stereocenters. The zero-order valence-corrected chi connectivity index (χ0v) is 16.0. The first-order chi connectivity index (χ1) is 13.8. The second kappa shape index (κ2) is 7.54. The molecule has 1 aliphatic rings.